The normalized spacial score (nSPS) is 11.1. The van der Waals surface area contributed by atoms with Gasteiger partial charge in [0.25, 0.3) is 0 Å². The van der Waals surface area contributed by atoms with E-state index in [1.165, 1.54) is 43.8 Å². The average molecular weight is 345 g/mol. The van der Waals surface area contributed by atoms with Gasteiger partial charge in [-0.1, -0.05) is 78.9 Å². The Bertz CT molecular complexity index is 1270. The summed E-state index contributed by atoms with van der Waals surface area (Å²) >= 11 is 0. The predicted molar refractivity (Wildman–Crippen MR) is 115 cm³/mol. The Morgan fingerprint density at radius 2 is 1.41 bits per heavy atom. The minimum Gasteiger partial charge on any atom is -0.256 e. The van der Waals surface area contributed by atoms with Crippen molar-refractivity contribution in [1.29, 1.82) is 0 Å². The molecule has 0 aliphatic carbocycles. The first-order chi connectivity index (χ1) is 13.3. The van der Waals surface area contributed by atoms with E-state index in [0.29, 0.717) is 0 Å². The van der Waals surface area contributed by atoms with Crippen LogP contribution in [0.4, 0.5) is 0 Å². The van der Waals surface area contributed by atoms with Crippen LogP contribution in [0.1, 0.15) is 5.56 Å². The van der Waals surface area contributed by atoms with Crippen molar-refractivity contribution in [3.8, 4) is 22.4 Å². The number of fused-ring (bicyclic) bond motifs is 3. The molecule has 0 radical (unpaired) electrons. The summed E-state index contributed by atoms with van der Waals surface area (Å²) in [6.07, 6.45) is 1.93. The number of pyridine rings is 1. The molecule has 5 aromatic rings. The monoisotopic (exact) mass is 345 g/mol. The van der Waals surface area contributed by atoms with Crippen molar-refractivity contribution < 1.29 is 0 Å². The lowest BCUT2D eigenvalue weighted by atomic mass is 9.94. The van der Waals surface area contributed by atoms with Crippen molar-refractivity contribution in [3.05, 3.63) is 103 Å². The van der Waals surface area contributed by atoms with E-state index in [4.69, 9.17) is 4.98 Å². The zero-order valence-corrected chi connectivity index (χ0v) is 15.2. The van der Waals surface area contributed by atoms with E-state index in [0.717, 1.165) is 5.69 Å². The first-order valence-electron chi connectivity index (χ1n) is 9.24. The number of aryl methyl sites for hydroxylation is 1. The van der Waals surface area contributed by atoms with E-state index in [1.54, 1.807) is 0 Å². The van der Waals surface area contributed by atoms with Gasteiger partial charge in [0.05, 0.1) is 5.69 Å². The highest BCUT2D eigenvalue weighted by atomic mass is 14.7. The molecule has 0 unspecified atom stereocenters. The van der Waals surface area contributed by atoms with Gasteiger partial charge >= 0.3 is 0 Å². The van der Waals surface area contributed by atoms with E-state index in [-0.39, 0.29) is 0 Å². The molecule has 27 heavy (non-hydrogen) atoms. The maximum atomic E-state index is 4.78. The topological polar surface area (TPSA) is 12.9 Å². The molecule has 128 valence electrons. The van der Waals surface area contributed by atoms with Crippen LogP contribution in [-0.2, 0) is 0 Å². The highest BCUT2D eigenvalue weighted by molar-refractivity contribution is 6.11. The minimum absolute atomic E-state index is 1.05. The minimum atomic E-state index is 1.05. The second-order valence-electron chi connectivity index (χ2n) is 6.94. The van der Waals surface area contributed by atoms with Crippen molar-refractivity contribution in [2.75, 3.05) is 0 Å². The van der Waals surface area contributed by atoms with E-state index >= 15 is 0 Å². The molecule has 0 saturated carbocycles. The Morgan fingerprint density at radius 1 is 0.593 bits per heavy atom. The van der Waals surface area contributed by atoms with Crippen LogP contribution >= 0.6 is 0 Å². The molecular weight excluding hydrogens is 326 g/mol. The van der Waals surface area contributed by atoms with Crippen molar-refractivity contribution in [1.82, 2.24) is 4.98 Å². The Kier molecular flexibility index (Phi) is 3.72. The predicted octanol–water partition coefficient (Wildman–Crippen LogP) is 7.03. The molecule has 1 nitrogen and oxygen atoms in total. The maximum absolute atomic E-state index is 4.78. The van der Waals surface area contributed by atoms with Gasteiger partial charge in [-0.2, -0.15) is 0 Å². The van der Waals surface area contributed by atoms with Gasteiger partial charge in [-0.25, -0.2) is 0 Å². The van der Waals surface area contributed by atoms with Crippen LogP contribution in [0.5, 0.6) is 0 Å². The van der Waals surface area contributed by atoms with Gasteiger partial charge in [0.2, 0.25) is 0 Å². The van der Waals surface area contributed by atoms with Crippen molar-refractivity contribution in [2.45, 2.75) is 6.92 Å². The van der Waals surface area contributed by atoms with Crippen LogP contribution in [0, 0.1) is 6.92 Å². The highest BCUT2D eigenvalue weighted by Gasteiger charge is 2.11. The molecule has 4 aromatic carbocycles. The molecule has 1 heterocycles. The molecular formula is C26H19N. The first kappa shape index (κ1) is 15.8. The molecule has 0 spiro atoms. The van der Waals surface area contributed by atoms with Gasteiger partial charge in [-0.15, -0.1) is 0 Å². The number of aromatic nitrogens is 1. The molecule has 1 heteroatoms. The number of rotatable bonds is 2. The summed E-state index contributed by atoms with van der Waals surface area (Å²) < 4.78 is 0. The molecule has 0 N–H and O–H groups in total. The second-order valence-corrected chi connectivity index (χ2v) is 6.94. The highest BCUT2D eigenvalue weighted by Crippen LogP contribution is 2.35. The number of hydrogen-bond donors (Lipinski definition) is 0. The molecule has 0 atom stereocenters. The molecule has 5 rings (SSSR count). The van der Waals surface area contributed by atoms with Gasteiger partial charge in [0, 0.05) is 17.1 Å². The van der Waals surface area contributed by atoms with E-state index < -0.39 is 0 Å². The molecule has 0 aliphatic heterocycles. The summed E-state index contributed by atoms with van der Waals surface area (Å²) in [5, 5.41) is 4.99. The van der Waals surface area contributed by atoms with Gasteiger partial charge < -0.3 is 0 Å². The molecule has 0 aliphatic rings. The van der Waals surface area contributed by atoms with Crippen LogP contribution in [0.15, 0.2) is 97.2 Å². The fourth-order valence-electron chi connectivity index (χ4n) is 3.84. The second kappa shape index (κ2) is 6.37. The number of hydrogen-bond acceptors (Lipinski definition) is 1. The van der Waals surface area contributed by atoms with Crippen molar-refractivity contribution in [3.63, 3.8) is 0 Å². The van der Waals surface area contributed by atoms with Crippen LogP contribution in [0.2, 0.25) is 0 Å². The number of benzene rings is 4. The molecule has 0 fully saturated rings. The molecule has 0 amide bonds. The summed E-state index contributed by atoms with van der Waals surface area (Å²) in [5.41, 5.74) is 5.92. The fraction of sp³-hybridized carbons (Fsp3) is 0.0385. The van der Waals surface area contributed by atoms with E-state index in [9.17, 15) is 0 Å². The fourth-order valence-corrected chi connectivity index (χ4v) is 3.84. The zero-order chi connectivity index (χ0) is 18.2. The third-order valence-corrected chi connectivity index (χ3v) is 5.27. The third-order valence-electron chi connectivity index (χ3n) is 5.27. The molecule has 0 bridgehead atoms. The van der Waals surface area contributed by atoms with Gasteiger partial charge in [0.1, 0.15) is 0 Å². The van der Waals surface area contributed by atoms with Gasteiger partial charge in [0.15, 0.2) is 0 Å². The van der Waals surface area contributed by atoms with Crippen LogP contribution in [0.25, 0.3) is 43.9 Å². The maximum Gasteiger partial charge on any atom is 0.0783 e. The Morgan fingerprint density at radius 3 is 2.30 bits per heavy atom. The van der Waals surface area contributed by atoms with Gasteiger partial charge in [-0.3, -0.25) is 4.98 Å². The van der Waals surface area contributed by atoms with Crippen molar-refractivity contribution in [2.24, 2.45) is 0 Å². The Labute approximate surface area is 158 Å². The first-order valence-corrected chi connectivity index (χ1v) is 9.24. The third kappa shape index (κ3) is 2.69. The van der Waals surface area contributed by atoms with Crippen LogP contribution < -0.4 is 0 Å². The standard InChI is InChI=1S/C26H19N/c1-18-11-12-21(19-7-3-2-4-8-19)17-25(18)26-24-14-13-20-9-5-6-10-22(20)23(24)15-16-27-26/h2-17H,1H3. The smallest absolute Gasteiger partial charge is 0.0783 e. The Balaban J connectivity index is 1.78. The molecule has 0 saturated heterocycles. The summed E-state index contributed by atoms with van der Waals surface area (Å²) in [6.45, 7) is 2.16. The van der Waals surface area contributed by atoms with Crippen LogP contribution in [-0.4, -0.2) is 4.98 Å². The summed E-state index contributed by atoms with van der Waals surface area (Å²) in [4.78, 5) is 4.78. The Hall–Kier alpha value is -3.45. The summed E-state index contributed by atoms with van der Waals surface area (Å²) in [5.74, 6) is 0. The van der Waals surface area contributed by atoms with Gasteiger partial charge in [-0.05, 0) is 51.9 Å². The number of nitrogens with zero attached hydrogens (tertiary/aromatic N) is 1. The van der Waals surface area contributed by atoms with E-state index in [2.05, 4.69) is 97.9 Å². The average Bonchev–Trinajstić information content (AvgIpc) is 2.74. The van der Waals surface area contributed by atoms with E-state index in [1.807, 2.05) is 6.20 Å². The summed E-state index contributed by atoms with van der Waals surface area (Å²) in [7, 11) is 0. The lowest BCUT2D eigenvalue weighted by Gasteiger charge is -2.12. The quantitative estimate of drug-likeness (QED) is 0.313. The lowest BCUT2D eigenvalue weighted by Crippen LogP contribution is -1.91. The SMILES string of the molecule is Cc1ccc(-c2ccccc2)cc1-c1nccc2c1ccc1ccccc12. The van der Waals surface area contributed by atoms with Crippen LogP contribution in [0.3, 0.4) is 0 Å². The largest absolute Gasteiger partial charge is 0.256 e. The zero-order valence-electron chi connectivity index (χ0n) is 15.2. The summed E-state index contributed by atoms with van der Waals surface area (Å²) in [6, 6.07) is 32.2. The lowest BCUT2D eigenvalue weighted by molar-refractivity contribution is 1.33. The molecule has 1 aromatic heterocycles. The van der Waals surface area contributed by atoms with Crippen molar-refractivity contribution >= 4 is 21.5 Å².